The molecule has 1 unspecified atom stereocenters. The van der Waals surface area contributed by atoms with Gasteiger partial charge in [0.15, 0.2) is 11.6 Å². The summed E-state index contributed by atoms with van der Waals surface area (Å²) in [5.41, 5.74) is 0.737. The minimum absolute atomic E-state index is 0.0888. The monoisotopic (exact) mass is 380 g/mol. The van der Waals surface area contributed by atoms with Crippen molar-refractivity contribution in [3.8, 4) is 0 Å². The second kappa shape index (κ2) is 9.41. The van der Waals surface area contributed by atoms with E-state index in [-0.39, 0.29) is 12.6 Å². The Bertz CT molecular complexity index is 738. The topological polar surface area (TPSA) is 49.1 Å². The van der Waals surface area contributed by atoms with Gasteiger partial charge in [0.25, 0.3) is 0 Å². The number of piperazine rings is 1. The number of hydrogen-bond donors (Lipinski definition) is 1. The molecule has 0 aliphatic carbocycles. The lowest BCUT2D eigenvalue weighted by molar-refractivity contribution is 0.0462. The van der Waals surface area contributed by atoms with Crippen molar-refractivity contribution in [2.24, 2.45) is 0 Å². The molecule has 2 heterocycles. The van der Waals surface area contributed by atoms with Gasteiger partial charge in [0.2, 0.25) is 0 Å². The SMILES string of the molecule is COCc1ccc(CN2CCN(Cc3ccc(F)c(F)c3)C(CCO)C2)o1. The van der Waals surface area contributed by atoms with E-state index in [1.165, 1.54) is 6.07 Å². The van der Waals surface area contributed by atoms with E-state index < -0.39 is 11.6 Å². The number of aliphatic hydroxyl groups excluding tert-OH is 1. The van der Waals surface area contributed by atoms with Gasteiger partial charge in [-0.1, -0.05) is 6.07 Å². The highest BCUT2D eigenvalue weighted by molar-refractivity contribution is 5.18. The average molecular weight is 380 g/mol. The first-order valence-electron chi connectivity index (χ1n) is 9.16. The van der Waals surface area contributed by atoms with Gasteiger partial charge in [0, 0.05) is 45.9 Å². The van der Waals surface area contributed by atoms with Gasteiger partial charge in [0.1, 0.15) is 18.1 Å². The molecule has 1 aromatic carbocycles. The van der Waals surface area contributed by atoms with Crippen molar-refractivity contribution in [2.45, 2.75) is 32.2 Å². The van der Waals surface area contributed by atoms with Crippen molar-refractivity contribution in [1.82, 2.24) is 9.80 Å². The molecule has 0 amide bonds. The largest absolute Gasteiger partial charge is 0.462 e. The first kappa shape index (κ1) is 19.9. The Kier molecular flexibility index (Phi) is 6.95. The normalized spacial score (nSPS) is 18.9. The van der Waals surface area contributed by atoms with Crippen molar-refractivity contribution in [3.05, 3.63) is 59.1 Å². The third-order valence-electron chi connectivity index (χ3n) is 4.90. The number of aliphatic hydroxyl groups is 1. The molecule has 1 saturated heterocycles. The standard InChI is InChI=1S/C20H26F2N2O3/c1-26-14-18-4-3-17(27-18)13-23-7-8-24(16(12-23)6-9-25)11-15-2-5-19(21)20(22)10-15/h2-5,10,16,25H,6-9,11-14H2,1H3. The zero-order valence-corrected chi connectivity index (χ0v) is 15.5. The van der Waals surface area contributed by atoms with Crippen LogP contribution in [-0.2, 0) is 24.4 Å². The minimum Gasteiger partial charge on any atom is -0.462 e. The Morgan fingerprint density at radius 1 is 1.11 bits per heavy atom. The lowest BCUT2D eigenvalue weighted by Gasteiger charge is -2.41. The van der Waals surface area contributed by atoms with E-state index >= 15 is 0 Å². The number of methoxy groups -OCH3 is 1. The summed E-state index contributed by atoms with van der Waals surface area (Å²) in [4.78, 5) is 4.51. The van der Waals surface area contributed by atoms with Crippen LogP contribution < -0.4 is 0 Å². The lowest BCUT2D eigenvalue weighted by Crippen LogP contribution is -2.52. The van der Waals surface area contributed by atoms with Gasteiger partial charge < -0.3 is 14.3 Å². The molecule has 7 heteroatoms. The summed E-state index contributed by atoms with van der Waals surface area (Å²) in [6, 6.07) is 8.05. The fourth-order valence-electron chi connectivity index (χ4n) is 3.55. The molecular formula is C20H26F2N2O3. The van der Waals surface area contributed by atoms with Crippen LogP contribution in [0.1, 0.15) is 23.5 Å². The van der Waals surface area contributed by atoms with Gasteiger partial charge in [0.05, 0.1) is 6.54 Å². The molecule has 1 aliphatic heterocycles. The summed E-state index contributed by atoms with van der Waals surface area (Å²) in [5.74, 6) is 0.0338. The number of nitrogens with zero attached hydrogens (tertiary/aromatic N) is 2. The molecule has 1 aliphatic rings. The number of rotatable bonds is 8. The maximum atomic E-state index is 13.5. The molecule has 1 N–H and O–H groups in total. The summed E-state index contributed by atoms with van der Waals surface area (Å²) in [6.07, 6.45) is 0.632. The number of hydrogen-bond acceptors (Lipinski definition) is 5. The second-order valence-corrected chi connectivity index (χ2v) is 6.92. The molecule has 2 aromatic rings. The summed E-state index contributed by atoms with van der Waals surface area (Å²) >= 11 is 0. The molecular weight excluding hydrogens is 354 g/mol. The van der Waals surface area contributed by atoms with Gasteiger partial charge in [-0.05, 0) is 36.2 Å². The van der Waals surface area contributed by atoms with Crippen molar-refractivity contribution in [3.63, 3.8) is 0 Å². The van der Waals surface area contributed by atoms with E-state index in [9.17, 15) is 13.9 Å². The Labute approximate surface area is 158 Å². The summed E-state index contributed by atoms with van der Waals surface area (Å²) < 4.78 is 37.5. The van der Waals surface area contributed by atoms with Gasteiger partial charge in [-0.3, -0.25) is 9.80 Å². The van der Waals surface area contributed by atoms with Crippen LogP contribution in [0.3, 0.4) is 0 Å². The van der Waals surface area contributed by atoms with Gasteiger partial charge in [-0.2, -0.15) is 0 Å². The molecule has 148 valence electrons. The molecule has 0 spiro atoms. The number of furan rings is 1. The van der Waals surface area contributed by atoms with Crippen LogP contribution in [0.4, 0.5) is 8.78 Å². The van der Waals surface area contributed by atoms with Crippen LogP contribution in [-0.4, -0.2) is 54.3 Å². The molecule has 1 atom stereocenters. The minimum atomic E-state index is -0.832. The summed E-state index contributed by atoms with van der Waals surface area (Å²) in [6.45, 7) is 4.19. The second-order valence-electron chi connectivity index (χ2n) is 6.92. The lowest BCUT2D eigenvalue weighted by atomic mass is 10.1. The highest BCUT2D eigenvalue weighted by Gasteiger charge is 2.27. The molecule has 3 rings (SSSR count). The van der Waals surface area contributed by atoms with E-state index in [0.29, 0.717) is 26.1 Å². The van der Waals surface area contributed by atoms with E-state index in [2.05, 4.69) is 9.80 Å². The number of ether oxygens (including phenoxy) is 1. The quantitative estimate of drug-likeness (QED) is 0.763. The maximum absolute atomic E-state index is 13.5. The molecule has 27 heavy (non-hydrogen) atoms. The van der Waals surface area contributed by atoms with Crippen molar-refractivity contribution < 1.29 is 23.0 Å². The fraction of sp³-hybridized carbons (Fsp3) is 0.500. The fourth-order valence-corrected chi connectivity index (χ4v) is 3.55. The smallest absolute Gasteiger partial charge is 0.159 e. The highest BCUT2D eigenvalue weighted by atomic mass is 19.2. The van der Waals surface area contributed by atoms with E-state index in [0.717, 1.165) is 42.8 Å². The zero-order chi connectivity index (χ0) is 19.2. The number of halogens is 2. The number of benzene rings is 1. The summed E-state index contributed by atoms with van der Waals surface area (Å²) in [7, 11) is 1.63. The third-order valence-corrected chi connectivity index (χ3v) is 4.90. The Balaban J connectivity index is 1.60. The Morgan fingerprint density at radius 2 is 1.93 bits per heavy atom. The Hall–Kier alpha value is -1.80. The van der Waals surface area contributed by atoms with Crippen LogP contribution in [0.25, 0.3) is 0 Å². The first-order valence-corrected chi connectivity index (χ1v) is 9.16. The predicted molar refractivity (Wildman–Crippen MR) is 97.0 cm³/mol. The highest BCUT2D eigenvalue weighted by Crippen LogP contribution is 2.20. The molecule has 1 aromatic heterocycles. The molecule has 0 saturated carbocycles. The summed E-state index contributed by atoms with van der Waals surface area (Å²) in [5, 5.41) is 9.43. The van der Waals surface area contributed by atoms with Crippen LogP contribution in [0.2, 0.25) is 0 Å². The van der Waals surface area contributed by atoms with Gasteiger partial charge in [-0.15, -0.1) is 0 Å². The predicted octanol–water partition coefficient (Wildman–Crippen LogP) is 2.77. The van der Waals surface area contributed by atoms with Crippen LogP contribution >= 0.6 is 0 Å². The molecule has 0 bridgehead atoms. The van der Waals surface area contributed by atoms with Crippen LogP contribution in [0.15, 0.2) is 34.7 Å². The van der Waals surface area contributed by atoms with E-state index in [1.54, 1.807) is 13.2 Å². The third kappa shape index (κ3) is 5.35. The van der Waals surface area contributed by atoms with E-state index in [1.807, 2.05) is 12.1 Å². The maximum Gasteiger partial charge on any atom is 0.159 e. The first-order chi connectivity index (χ1) is 13.1. The van der Waals surface area contributed by atoms with Crippen molar-refractivity contribution in [1.29, 1.82) is 0 Å². The molecule has 5 nitrogen and oxygen atoms in total. The average Bonchev–Trinajstić information content (AvgIpc) is 3.08. The van der Waals surface area contributed by atoms with Crippen LogP contribution in [0.5, 0.6) is 0 Å². The zero-order valence-electron chi connectivity index (χ0n) is 15.5. The van der Waals surface area contributed by atoms with Gasteiger partial charge >= 0.3 is 0 Å². The van der Waals surface area contributed by atoms with E-state index in [4.69, 9.17) is 9.15 Å². The van der Waals surface area contributed by atoms with Crippen LogP contribution in [0, 0.1) is 11.6 Å². The Morgan fingerprint density at radius 3 is 2.67 bits per heavy atom. The molecule has 1 fully saturated rings. The van der Waals surface area contributed by atoms with Crippen molar-refractivity contribution in [2.75, 3.05) is 33.4 Å². The van der Waals surface area contributed by atoms with Crippen molar-refractivity contribution >= 4 is 0 Å². The van der Waals surface area contributed by atoms with Gasteiger partial charge in [-0.25, -0.2) is 8.78 Å². The molecule has 0 radical (unpaired) electrons.